The number of carbonyl (C=O) groups is 2. The molecular formula is C18H22N4O3. The van der Waals surface area contributed by atoms with Crippen LogP contribution in [0.15, 0.2) is 28.9 Å². The van der Waals surface area contributed by atoms with Crippen LogP contribution in [0.3, 0.4) is 0 Å². The SMILES string of the molecule is CCN(CC)C(=O)[C@@H](C)NC(=O)c1c(C)oc(-n2cccc2)c1C#N. The van der Waals surface area contributed by atoms with E-state index in [2.05, 4.69) is 5.32 Å². The van der Waals surface area contributed by atoms with Crippen molar-refractivity contribution in [3.8, 4) is 12.0 Å². The van der Waals surface area contributed by atoms with Crippen LogP contribution >= 0.6 is 0 Å². The third kappa shape index (κ3) is 3.58. The molecule has 25 heavy (non-hydrogen) atoms. The van der Waals surface area contributed by atoms with Gasteiger partial charge in [0.2, 0.25) is 11.8 Å². The Hall–Kier alpha value is -3.01. The van der Waals surface area contributed by atoms with Gasteiger partial charge in [0.1, 0.15) is 29.0 Å². The molecule has 2 aromatic rings. The molecule has 2 aromatic heterocycles. The smallest absolute Gasteiger partial charge is 0.256 e. The first-order valence-corrected chi connectivity index (χ1v) is 8.21. The average Bonchev–Trinajstić information content (AvgIpc) is 3.22. The van der Waals surface area contributed by atoms with Crippen molar-refractivity contribution in [3.05, 3.63) is 41.4 Å². The van der Waals surface area contributed by atoms with Crippen LogP contribution in [0.25, 0.3) is 5.88 Å². The standard InChI is InChI=1S/C18H22N4O3/c1-5-21(6-2)17(24)12(3)20-16(23)15-13(4)25-18(14(15)11-19)22-9-7-8-10-22/h7-10,12H,5-6H2,1-4H3,(H,20,23)/t12-/m1/s1. The molecule has 2 amide bonds. The molecule has 0 aliphatic heterocycles. The molecule has 0 aliphatic rings. The highest BCUT2D eigenvalue weighted by Crippen LogP contribution is 2.25. The van der Waals surface area contributed by atoms with Crippen LogP contribution in [-0.4, -0.2) is 40.4 Å². The second-order valence-electron chi connectivity index (χ2n) is 5.62. The summed E-state index contributed by atoms with van der Waals surface area (Å²) in [6, 6.07) is 4.93. The topological polar surface area (TPSA) is 91.3 Å². The van der Waals surface area contributed by atoms with E-state index in [1.807, 2.05) is 19.9 Å². The van der Waals surface area contributed by atoms with Crippen LogP contribution in [0.4, 0.5) is 0 Å². The molecular weight excluding hydrogens is 320 g/mol. The summed E-state index contributed by atoms with van der Waals surface area (Å²) >= 11 is 0. The van der Waals surface area contributed by atoms with E-state index >= 15 is 0 Å². The zero-order valence-corrected chi connectivity index (χ0v) is 14.9. The Morgan fingerprint density at radius 2 is 1.92 bits per heavy atom. The normalized spacial score (nSPS) is 11.6. The van der Waals surface area contributed by atoms with Crippen LogP contribution < -0.4 is 5.32 Å². The Morgan fingerprint density at radius 1 is 1.32 bits per heavy atom. The molecule has 1 N–H and O–H groups in total. The zero-order chi connectivity index (χ0) is 18.6. The molecule has 2 rings (SSSR count). The molecule has 1 atom stereocenters. The molecule has 0 saturated carbocycles. The first-order chi connectivity index (χ1) is 11.9. The van der Waals surface area contributed by atoms with E-state index in [4.69, 9.17) is 4.42 Å². The van der Waals surface area contributed by atoms with Gasteiger partial charge in [0, 0.05) is 25.5 Å². The van der Waals surface area contributed by atoms with Crippen molar-refractivity contribution in [2.24, 2.45) is 0 Å². The van der Waals surface area contributed by atoms with Crippen molar-refractivity contribution in [2.75, 3.05) is 13.1 Å². The molecule has 0 bridgehead atoms. The number of aryl methyl sites for hydroxylation is 1. The monoisotopic (exact) mass is 342 g/mol. The highest BCUT2D eigenvalue weighted by atomic mass is 16.4. The number of nitrogens with zero attached hydrogens (tertiary/aromatic N) is 3. The maximum Gasteiger partial charge on any atom is 0.256 e. The molecule has 132 valence electrons. The number of hydrogen-bond acceptors (Lipinski definition) is 4. The predicted octanol–water partition coefficient (Wildman–Crippen LogP) is 2.24. The van der Waals surface area contributed by atoms with Gasteiger partial charge < -0.3 is 14.6 Å². The molecule has 0 radical (unpaired) electrons. The predicted molar refractivity (Wildman–Crippen MR) is 92.3 cm³/mol. The van der Waals surface area contributed by atoms with Crippen molar-refractivity contribution < 1.29 is 14.0 Å². The van der Waals surface area contributed by atoms with E-state index in [0.29, 0.717) is 18.8 Å². The quantitative estimate of drug-likeness (QED) is 0.871. The molecule has 0 saturated heterocycles. The molecule has 0 aromatic carbocycles. The highest BCUT2D eigenvalue weighted by Gasteiger charge is 2.27. The van der Waals surface area contributed by atoms with E-state index in [9.17, 15) is 14.9 Å². The summed E-state index contributed by atoms with van der Waals surface area (Å²) in [6.07, 6.45) is 3.46. The summed E-state index contributed by atoms with van der Waals surface area (Å²) in [5, 5.41) is 12.2. The van der Waals surface area contributed by atoms with Crippen molar-refractivity contribution >= 4 is 11.8 Å². The summed E-state index contributed by atoms with van der Waals surface area (Å²) in [7, 11) is 0. The number of hydrogen-bond donors (Lipinski definition) is 1. The Bertz CT molecular complexity index is 795. The fourth-order valence-electron chi connectivity index (χ4n) is 2.70. The lowest BCUT2D eigenvalue weighted by Gasteiger charge is -2.23. The minimum absolute atomic E-state index is 0.147. The van der Waals surface area contributed by atoms with E-state index in [0.717, 1.165) is 0 Å². The zero-order valence-electron chi connectivity index (χ0n) is 14.9. The summed E-state index contributed by atoms with van der Waals surface area (Å²) < 4.78 is 7.25. The molecule has 0 fully saturated rings. The van der Waals surface area contributed by atoms with Gasteiger partial charge >= 0.3 is 0 Å². The van der Waals surface area contributed by atoms with Gasteiger partial charge in [-0.25, -0.2) is 0 Å². The van der Waals surface area contributed by atoms with Gasteiger partial charge in [0.15, 0.2) is 0 Å². The van der Waals surface area contributed by atoms with Crippen molar-refractivity contribution in [1.82, 2.24) is 14.8 Å². The molecule has 7 nitrogen and oxygen atoms in total. The van der Waals surface area contributed by atoms with Gasteiger partial charge in [-0.3, -0.25) is 14.2 Å². The van der Waals surface area contributed by atoms with Crippen LogP contribution in [0.2, 0.25) is 0 Å². The van der Waals surface area contributed by atoms with Gasteiger partial charge in [0.25, 0.3) is 5.91 Å². The van der Waals surface area contributed by atoms with Gasteiger partial charge in [-0.2, -0.15) is 5.26 Å². The summed E-state index contributed by atoms with van der Waals surface area (Å²) in [5.74, 6) is -0.0361. The van der Waals surface area contributed by atoms with Crippen molar-refractivity contribution in [3.63, 3.8) is 0 Å². The minimum atomic E-state index is -0.691. The molecule has 0 aliphatic carbocycles. The Morgan fingerprint density at radius 3 is 2.44 bits per heavy atom. The second kappa shape index (κ2) is 7.71. The number of amides is 2. The van der Waals surface area contributed by atoms with E-state index in [-0.39, 0.29) is 22.9 Å². The van der Waals surface area contributed by atoms with Crippen molar-refractivity contribution in [2.45, 2.75) is 33.7 Å². The lowest BCUT2D eigenvalue weighted by molar-refractivity contribution is -0.132. The minimum Gasteiger partial charge on any atom is -0.443 e. The number of aromatic nitrogens is 1. The van der Waals surface area contributed by atoms with Gasteiger partial charge in [-0.05, 0) is 39.8 Å². The van der Waals surface area contributed by atoms with E-state index < -0.39 is 11.9 Å². The third-order valence-corrected chi connectivity index (χ3v) is 4.04. The van der Waals surface area contributed by atoms with Crippen LogP contribution in [0.1, 0.15) is 42.5 Å². The molecule has 7 heteroatoms. The number of nitrogens with one attached hydrogen (secondary N) is 1. The van der Waals surface area contributed by atoms with Gasteiger partial charge in [0.05, 0.1) is 0 Å². The number of likely N-dealkylation sites (N-methyl/N-ethyl adjacent to an activating group) is 1. The average molecular weight is 342 g/mol. The maximum atomic E-state index is 12.6. The number of rotatable bonds is 6. The Kier molecular flexibility index (Phi) is 5.65. The largest absolute Gasteiger partial charge is 0.443 e. The third-order valence-electron chi connectivity index (χ3n) is 4.04. The fraction of sp³-hybridized carbons (Fsp3) is 0.389. The van der Waals surface area contributed by atoms with Crippen LogP contribution in [-0.2, 0) is 4.79 Å². The number of furan rings is 1. The lowest BCUT2D eigenvalue weighted by Crippen LogP contribution is -2.47. The van der Waals surface area contributed by atoms with Crippen LogP contribution in [0.5, 0.6) is 0 Å². The Labute approximate surface area is 146 Å². The van der Waals surface area contributed by atoms with E-state index in [1.54, 1.807) is 47.8 Å². The summed E-state index contributed by atoms with van der Waals surface area (Å²) in [5.41, 5.74) is 0.305. The second-order valence-corrected chi connectivity index (χ2v) is 5.62. The van der Waals surface area contributed by atoms with E-state index in [1.165, 1.54) is 0 Å². The van der Waals surface area contributed by atoms with Crippen molar-refractivity contribution in [1.29, 1.82) is 5.26 Å². The molecule has 2 heterocycles. The highest BCUT2D eigenvalue weighted by molar-refractivity contribution is 6.00. The summed E-state index contributed by atoms with van der Waals surface area (Å²) in [4.78, 5) is 26.6. The fourth-order valence-corrected chi connectivity index (χ4v) is 2.70. The van der Waals surface area contributed by atoms with Gasteiger partial charge in [-0.1, -0.05) is 0 Å². The van der Waals surface area contributed by atoms with Crippen LogP contribution in [0, 0.1) is 18.3 Å². The van der Waals surface area contributed by atoms with Gasteiger partial charge in [-0.15, -0.1) is 0 Å². The summed E-state index contributed by atoms with van der Waals surface area (Å²) in [6.45, 7) is 8.16. The molecule has 0 unspecified atom stereocenters. The first kappa shape index (κ1) is 18.3. The first-order valence-electron chi connectivity index (χ1n) is 8.21. The number of carbonyl (C=O) groups excluding carboxylic acids is 2. The number of nitriles is 1. The molecule has 0 spiro atoms. The Balaban J connectivity index is 2.28. The maximum absolute atomic E-state index is 12.6. The lowest BCUT2D eigenvalue weighted by atomic mass is 10.1.